The molecule has 0 spiro atoms. The van der Waals surface area contributed by atoms with Gasteiger partial charge in [0.1, 0.15) is 0 Å². The second kappa shape index (κ2) is 5.54. The average Bonchev–Trinajstić information content (AvgIpc) is 2.35. The van der Waals surface area contributed by atoms with Crippen molar-refractivity contribution in [1.82, 2.24) is 0 Å². The molecule has 1 atom stereocenters. The van der Waals surface area contributed by atoms with E-state index in [2.05, 4.69) is 0 Å². The SMILES string of the molecule is Cc1ccccc1C(C)(O)Cc1cccc(Cl)c1Cl. The molecule has 2 aromatic carbocycles. The van der Waals surface area contributed by atoms with Gasteiger partial charge in [-0.25, -0.2) is 0 Å². The number of hydrogen-bond acceptors (Lipinski definition) is 1. The quantitative estimate of drug-likeness (QED) is 0.866. The molecule has 0 heterocycles. The maximum Gasteiger partial charge on any atom is 0.0911 e. The summed E-state index contributed by atoms with van der Waals surface area (Å²) in [5.41, 5.74) is 1.85. The molecule has 0 aliphatic carbocycles. The molecule has 0 amide bonds. The molecule has 100 valence electrons. The Bertz CT molecular complexity index is 591. The monoisotopic (exact) mass is 294 g/mol. The van der Waals surface area contributed by atoms with Crippen LogP contribution in [0.3, 0.4) is 0 Å². The average molecular weight is 295 g/mol. The van der Waals surface area contributed by atoms with Crippen LogP contribution in [0, 0.1) is 6.92 Å². The summed E-state index contributed by atoms with van der Waals surface area (Å²) in [7, 11) is 0. The molecule has 0 fully saturated rings. The van der Waals surface area contributed by atoms with Crippen LogP contribution in [0.5, 0.6) is 0 Å². The molecule has 0 aliphatic heterocycles. The standard InChI is InChI=1S/C16H16Cl2O/c1-11-6-3-4-8-13(11)16(2,19)10-12-7-5-9-14(17)15(12)18/h3-9,19H,10H2,1-2H3. The maximum atomic E-state index is 10.7. The van der Waals surface area contributed by atoms with Crippen molar-refractivity contribution in [3.8, 4) is 0 Å². The van der Waals surface area contributed by atoms with E-state index in [9.17, 15) is 5.11 Å². The summed E-state index contributed by atoms with van der Waals surface area (Å²) < 4.78 is 0. The largest absolute Gasteiger partial charge is 0.385 e. The first-order chi connectivity index (χ1) is 8.92. The number of halogens is 2. The fourth-order valence-corrected chi connectivity index (χ4v) is 2.72. The lowest BCUT2D eigenvalue weighted by molar-refractivity contribution is 0.0570. The van der Waals surface area contributed by atoms with Gasteiger partial charge in [-0.3, -0.25) is 0 Å². The smallest absolute Gasteiger partial charge is 0.0911 e. The zero-order chi connectivity index (χ0) is 14.0. The first-order valence-corrected chi connectivity index (χ1v) is 6.89. The zero-order valence-corrected chi connectivity index (χ0v) is 12.5. The summed E-state index contributed by atoms with van der Waals surface area (Å²) >= 11 is 12.2. The van der Waals surface area contributed by atoms with Crippen molar-refractivity contribution in [2.75, 3.05) is 0 Å². The zero-order valence-electron chi connectivity index (χ0n) is 11.0. The lowest BCUT2D eigenvalue weighted by Gasteiger charge is -2.26. The highest BCUT2D eigenvalue weighted by molar-refractivity contribution is 6.42. The fourth-order valence-electron chi connectivity index (χ4n) is 2.33. The van der Waals surface area contributed by atoms with Crippen LogP contribution in [0.2, 0.25) is 10.0 Å². The normalized spacial score (nSPS) is 14.2. The van der Waals surface area contributed by atoms with Crippen LogP contribution in [-0.2, 0) is 12.0 Å². The molecular formula is C16H16Cl2O. The van der Waals surface area contributed by atoms with Gasteiger partial charge in [0.2, 0.25) is 0 Å². The number of aryl methyl sites for hydroxylation is 1. The first-order valence-electron chi connectivity index (χ1n) is 6.13. The Morgan fingerprint density at radius 3 is 2.42 bits per heavy atom. The van der Waals surface area contributed by atoms with Crippen molar-refractivity contribution >= 4 is 23.2 Å². The van der Waals surface area contributed by atoms with Crippen molar-refractivity contribution < 1.29 is 5.11 Å². The predicted molar refractivity (Wildman–Crippen MR) is 80.9 cm³/mol. The van der Waals surface area contributed by atoms with Crippen LogP contribution in [0.1, 0.15) is 23.6 Å². The van der Waals surface area contributed by atoms with Crippen LogP contribution < -0.4 is 0 Å². The van der Waals surface area contributed by atoms with E-state index in [1.54, 1.807) is 13.0 Å². The number of aliphatic hydroxyl groups is 1. The Hall–Kier alpha value is -1.02. The maximum absolute atomic E-state index is 10.7. The summed E-state index contributed by atoms with van der Waals surface area (Å²) in [6, 6.07) is 13.3. The molecule has 2 rings (SSSR count). The minimum absolute atomic E-state index is 0.428. The highest BCUT2D eigenvalue weighted by atomic mass is 35.5. The van der Waals surface area contributed by atoms with E-state index in [1.165, 1.54) is 0 Å². The lowest BCUT2D eigenvalue weighted by Crippen LogP contribution is -2.25. The molecule has 1 N–H and O–H groups in total. The summed E-state index contributed by atoms with van der Waals surface area (Å²) in [6.45, 7) is 3.79. The Kier molecular flexibility index (Phi) is 4.19. The molecule has 1 nitrogen and oxygen atoms in total. The number of rotatable bonds is 3. The van der Waals surface area contributed by atoms with Gasteiger partial charge in [0, 0.05) is 6.42 Å². The predicted octanol–water partition coefficient (Wildman–Crippen LogP) is 4.75. The molecular weight excluding hydrogens is 279 g/mol. The van der Waals surface area contributed by atoms with Gasteiger partial charge in [0.05, 0.1) is 15.6 Å². The number of benzene rings is 2. The Balaban J connectivity index is 2.36. The van der Waals surface area contributed by atoms with E-state index in [0.29, 0.717) is 16.5 Å². The van der Waals surface area contributed by atoms with Crippen molar-refractivity contribution in [2.45, 2.75) is 25.9 Å². The van der Waals surface area contributed by atoms with Gasteiger partial charge < -0.3 is 5.11 Å². The molecule has 0 radical (unpaired) electrons. The van der Waals surface area contributed by atoms with Crippen LogP contribution in [0.15, 0.2) is 42.5 Å². The van der Waals surface area contributed by atoms with E-state index in [-0.39, 0.29) is 0 Å². The topological polar surface area (TPSA) is 20.2 Å². The molecule has 19 heavy (non-hydrogen) atoms. The summed E-state index contributed by atoms with van der Waals surface area (Å²) in [4.78, 5) is 0. The number of hydrogen-bond donors (Lipinski definition) is 1. The fraction of sp³-hybridized carbons (Fsp3) is 0.250. The van der Waals surface area contributed by atoms with Crippen LogP contribution in [-0.4, -0.2) is 5.11 Å². The summed E-state index contributed by atoms with van der Waals surface area (Å²) in [6.07, 6.45) is 0.428. The Labute approximate surface area is 123 Å². The second-order valence-electron chi connectivity index (χ2n) is 4.98. The van der Waals surface area contributed by atoms with Gasteiger partial charge in [-0.2, -0.15) is 0 Å². The van der Waals surface area contributed by atoms with Gasteiger partial charge in [-0.1, -0.05) is 59.6 Å². The third-order valence-electron chi connectivity index (χ3n) is 3.29. The van der Waals surface area contributed by atoms with E-state index in [1.807, 2.05) is 43.3 Å². The minimum Gasteiger partial charge on any atom is -0.385 e. The molecule has 3 heteroatoms. The van der Waals surface area contributed by atoms with E-state index >= 15 is 0 Å². The minimum atomic E-state index is -0.973. The van der Waals surface area contributed by atoms with Gasteiger partial charge in [-0.15, -0.1) is 0 Å². The van der Waals surface area contributed by atoms with Crippen LogP contribution in [0.25, 0.3) is 0 Å². The van der Waals surface area contributed by atoms with Crippen molar-refractivity contribution in [3.05, 3.63) is 69.2 Å². The van der Waals surface area contributed by atoms with Crippen molar-refractivity contribution in [2.24, 2.45) is 0 Å². The van der Waals surface area contributed by atoms with Crippen molar-refractivity contribution in [3.63, 3.8) is 0 Å². The third kappa shape index (κ3) is 3.11. The lowest BCUT2D eigenvalue weighted by atomic mass is 9.86. The summed E-state index contributed by atoms with van der Waals surface area (Å²) in [5.74, 6) is 0. The highest BCUT2D eigenvalue weighted by Crippen LogP contribution is 2.33. The van der Waals surface area contributed by atoms with Gasteiger partial charge in [0.15, 0.2) is 0 Å². The molecule has 0 aromatic heterocycles. The highest BCUT2D eigenvalue weighted by Gasteiger charge is 2.26. The molecule has 0 saturated carbocycles. The van der Waals surface area contributed by atoms with Crippen molar-refractivity contribution in [1.29, 1.82) is 0 Å². The molecule has 1 unspecified atom stereocenters. The van der Waals surface area contributed by atoms with Gasteiger partial charge in [0.25, 0.3) is 0 Å². The molecule has 2 aromatic rings. The van der Waals surface area contributed by atoms with Crippen LogP contribution >= 0.6 is 23.2 Å². The Morgan fingerprint density at radius 2 is 1.74 bits per heavy atom. The van der Waals surface area contributed by atoms with Gasteiger partial charge in [-0.05, 0) is 36.6 Å². The second-order valence-corrected chi connectivity index (χ2v) is 5.76. The first kappa shape index (κ1) is 14.4. The van der Waals surface area contributed by atoms with E-state index in [0.717, 1.165) is 16.7 Å². The molecule has 0 saturated heterocycles. The third-order valence-corrected chi connectivity index (χ3v) is 4.15. The van der Waals surface area contributed by atoms with E-state index in [4.69, 9.17) is 23.2 Å². The molecule has 0 bridgehead atoms. The van der Waals surface area contributed by atoms with Crippen LogP contribution in [0.4, 0.5) is 0 Å². The van der Waals surface area contributed by atoms with E-state index < -0.39 is 5.60 Å². The summed E-state index contributed by atoms with van der Waals surface area (Å²) in [5, 5.41) is 11.8. The van der Waals surface area contributed by atoms with Gasteiger partial charge >= 0.3 is 0 Å². The Morgan fingerprint density at radius 1 is 1.05 bits per heavy atom. The molecule has 0 aliphatic rings.